The molecular weight excluding hydrogens is 682 g/mol. The van der Waals surface area contributed by atoms with Crippen LogP contribution in [0, 0.1) is 11.6 Å². The zero-order valence-corrected chi connectivity index (χ0v) is 29.1. The molecule has 5 nitrogen and oxygen atoms in total. The van der Waals surface area contributed by atoms with E-state index in [-0.39, 0.29) is 47.3 Å². The Balaban J connectivity index is 1.37. The minimum atomic E-state index is -4.62. The molecule has 1 aliphatic heterocycles. The second-order valence-electron chi connectivity index (χ2n) is 13.1. The summed E-state index contributed by atoms with van der Waals surface area (Å²) < 4.78 is 73.7. The zero-order valence-electron chi connectivity index (χ0n) is 28.3. The molecule has 0 radical (unpaired) electrons. The first-order valence-corrected chi connectivity index (χ1v) is 17.9. The normalized spacial score (nSPS) is 14.4. The van der Waals surface area contributed by atoms with Gasteiger partial charge >= 0.3 is 6.18 Å². The highest BCUT2D eigenvalue weighted by Crippen LogP contribution is 2.38. The number of likely N-dealkylation sites (tertiary alicyclic amines) is 1. The SMILES string of the molecule is CC(C)N1CCC(N(Cc2ccc(-c3ccccc3)c(C(F)(F)F)c2)C(=O)Cn2c(SCc3cccc(F)c3F)cc(=O)c3ccccc32)CC1. The van der Waals surface area contributed by atoms with Crippen molar-refractivity contribution < 1.29 is 26.7 Å². The quantitative estimate of drug-likeness (QED) is 0.107. The number of thioether (sulfide) groups is 1. The van der Waals surface area contributed by atoms with Crippen molar-refractivity contribution in [3.8, 4) is 11.1 Å². The number of rotatable bonds is 10. The Morgan fingerprint density at radius 3 is 2.31 bits per heavy atom. The van der Waals surface area contributed by atoms with E-state index >= 15 is 0 Å². The number of carbonyl (C=O) groups excluding carboxylic acids is 1. The van der Waals surface area contributed by atoms with Crippen molar-refractivity contribution in [3.63, 3.8) is 0 Å². The van der Waals surface area contributed by atoms with Gasteiger partial charge in [-0.2, -0.15) is 13.2 Å². The van der Waals surface area contributed by atoms with Gasteiger partial charge in [0.1, 0.15) is 6.54 Å². The zero-order chi connectivity index (χ0) is 36.3. The molecule has 0 spiro atoms. The molecule has 0 aliphatic carbocycles. The fourth-order valence-electron chi connectivity index (χ4n) is 6.75. The first-order chi connectivity index (χ1) is 24.4. The minimum Gasteiger partial charge on any atom is -0.334 e. The van der Waals surface area contributed by atoms with Crippen LogP contribution < -0.4 is 5.43 Å². The monoisotopic (exact) mass is 719 g/mol. The molecule has 1 fully saturated rings. The number of nitrogens with zero attached hydrogens (tertiary/aromatic N) is 3. The number of carbonyl (C=O) groups is 1. The Kier molecular flexibility index (Phi) is 11.0. The maximum atomic E-state index is 14.6. The average molecular weight is 720 g/mol. The lowest BCUT2D eigenvalue weighted by Gasteiger charge is -2.40. The highest BCUT2D eigenvalue weighted by atomic mass is 32.2. The van der Waals surface area contributed by atoms with Crippen LogP contribution in [0.1, 0.15) is 43.4 Å². The van der Waals surface area contributed by atoms with Gasteiger partial charge in [0.05, 0.1) is 16.1 Å². The molecule has 1 aliphatic rings. The van der Waals surface area contributed by atoms with E-state index in [9.17, 15) is 31.5 Å². The lowest BCUT2D eigenvalue weighted by molar-refractivity contribution is -0.137. The van der Waals surface area contributed by atoms with Crippen LogP contribution in [0.15, 0.2) is 107 Å². The van der Waals surface area contributed by atoms with Gasteiger partial charge in [0.15, 0.2) is 17.1 Å². The fourth-order valence-corrected chi connectivity index (χ4v) is 7.78. The summed E-state index contributed by atoms with van der Waals surface area (Å²) in [5.41, 5.74) is 0.390. The Morgan fingerprint density at radius 2 is 1.61 bits per heavy atom. The summed E-state index contributed by atoms with van der Waals surface area (Å²) in [6, 6.07) is 24.8. The number of amides is 1. The molecule has 1 saturated heterocycles. The first-order valence-electron chi connectivity index (χ1n) is 16.9. The van der Waals surface area contributed by atoms with Crippen LogP contribution in [0.4, 0.5) is 22.0 Å². The number of hydrogen-bond acceptors (Lipinski definition) is 4. The Morgan fingerprint density at radius 1 is 0.902 bits per heavy atom. The summed E-state index contributed by atoms with van der Waals surface area (Å²) in [5, 5.41) is 0.770. The number of piperidine rings is 1. The lowest BCUT2D eigenvalue weighted by Crippen LogP contribution is -2.49. The third kappa shape index (κ3) is 8.20. The predicted molar refractivity (Wildman–Crippen MR) is 191 cm³/mol. The number of para-hydroxylation sites is 1. The van der Waals surface area contributed by atoms with E-state index in [2.05, 4.69) is 18.7 Å². The van der Waals surface area contributed by atoms with Crippen molar-refractivity contribution in [3.05, 3.63) is 136 Å². The van der Waals surface area contributed by atoms with Gasteiger partial charge in [-0.1, -0.05) is 66.7 Å². The molecule has 1 aromatic heterocycles. The molecule has 2 heterocycles. The van der Waals surface area contributed by atoms with Crippen LogP contribution in [-0.2, 0) is 29.8 Å². The largest absolute Gasteiger partial charge is 0.417 e. The van der Waals surface area contributed by atoms with Crippen molar-refractivity contribution in [1.82, 2.24) is 14.4 Å². The molecule has 0 bridgehead atoms. The summed E-state index contributed by atoms with van der Waals surface area (Å²) in [7, 11) is 0. The molecule has 1 amide bonds. The van der Waals surface area contributed by atoms with Gasteiger partial charge in [-0.3, -0.25) is 9.59 Å². The highest BCUT2D eigenvalue weighted by Gasteiger charge is 2.35. The maximum absolute atomic E-state index is 14.6. The molecule has 0 atom stereocenters. The minimum absolute atomic E-state index is 0.000915. The summed E-state index contributed by atoms with van der Waals surface area (Å²) in [6.45, 7) is 5.41. The Hall–Kier alpha value is -4.48. The van der Waals surface area contributed by atoms with Crippen LogP contribution in [0.25, 0.3) is 22.0 Å². The van der Waals surface area contributed by atoms with Gasteiger partial charge in [-0.25, -0.2) is 8.78 Å². The van der Waals surface area contributed by atoms with E-state index in [1.807, 2.05) is 0 Å². The molecule has 51 heavy (non-hydrogen) atoms. The summed E-state index contributed by atoms with van der Waals surface area (Å²) in [5.74, 6) is -2.29. The van der Waals surface area contributed by atoms with Crippen molar-refractivity contribution in [2.75, 3.05) is 13.1 Å². The summed E-state index contributed by atoms with van der Waals surface area (Å²) in [4.78, 5) is 31.7. The average Bonchev–Trinajstić information content (AvgIpc) is 3.12. The topological polar surface area (TPSA) is 45.5 Å². The van der Waals surface area contributed by atoms with E-state index in [4.69, 9.17) is 0 Å². The van der Waals surface area contributed by atoms with Crippen molar-refractivity contribution in [1.29, 1.82) is 0 Å². The van der Waals surface area contributed by atoms with Gasteiger partial charge in [-0.05, 0) is 67.6 Å². The number of aromatic nitrogens is 1. The van der Waals surface area contributed by atoms with Crippen LogP contribution in [0.5, 0.6) is 0 Å². The number of alkyl halides is 3. The first kappa shape index (κ1) is 36.3. The van der Waals surface area contributed by atoms with E-state index in [1.54, 1.807) is 70.1 Å². The smallest absolute Gasteiger partial charge is 0.334 e. The van der Waals surface area contributed by atoms with Crippen LogP contribution in [0.2, 0.25) is 0 Å². The number of fused-ring (bicyclic) bond motifs is 1. The molecule has 0 saturated carbocycles. The predicted octanol–water partition coefficient (Wildman–Crippen LogP) is 9.16. The number of pyridine rings is 1. The molecule has 11 heteroatoms. The molecular formula is C40H38F5N3O2S. The van der Waals surface area contributed by atoms with Gasteiger partial charge in [0.25, 0.3) is 0 Å². The van der Waals surface area contributed by atoms with Crippen molar-refractivity contribution in [2.45, 2.75) is 68.8 Å². The molecule has 0 unspecified atom stereocenters. The maximum Gasteiger partial charge on any atom is 0.417 e. The van der Waals surface area contributed by atoms with Crippen LogP contribution in [-0.4, -0.2) is 45.4 Å². The van der Waals surface area contributed by atoms with E-state index < -0.39 is 23.4 Å². The molecule has 266 valence electrons. The van der Waals surface area contributed by atoms with Crippen molar-refractivity contribution >= 4 is 28.6 Å². The third-order valence-electron chi connectivity index (χ3n) is 9.50. The highest BCUT2D eigenvalue weighted by molar-refractivity contribution is 7.98. The Labute approximate surface area is 297 Å². The lowest BCUT2D eigenvalue weighted by atomic mass is 9.96. The van der Waals surface area contributed by atoms with Gasteiger partial charge in [-0.15, -0.1) is 11.8 Å². The van der Waals surface area contributed by atoms with Crippen LogP contribution >= 0.6 is 11.8 Å². The molecule has 0 N–H and O–H groups in total. The number of halogens is 5. The fraction of sp³-hybridized carbons (Fsp3) is 0.300. The second-order valence-corrected chi connectivity index (χ2v) is 14.1. The molecule has 6 rings (SSSR count). The van der Waals surface area contributed by atoms with Crippen molar-refractivity contribution in [2.24, 2.45) is 0 Å². The van der Waals surface area contributed by atoms with Gasteiger partial charge in [0, 0.05) is 54.5 Å². The Bertz CT molecular complexity index is 2080. The van der Waals surface area contributed by atoms with E-state index in [1.165, 1.54) is 24.3 Å². The standard InChI is InChI=1S/C40H38F5N3O2S/c1-26(2)46-19-17-30(18-20-46)47(23-27-15-16-31(28-9-4-3-5-10-28)33(21-27)40(43,44)45)37(50)24-48-35-14-7-6-12-32(35)36(49)22-38(48)51-25-29-11-8-13-34(41)39(29)42/h3-16,21-22,26,30H,17-20,23-25H2,1-2H3. The third-order valence-corrected chi connectivity index (χ3v) is 10.6. The summed E-state index contributed by atoms with van der Waals surface area (Å²) in [6.07, 6.45) is -3.34. The molecule has 4 aromatic carbocycles. The van der Waals surface area contributed by atoms with E-state index in [0.717, 1.165) is 37.0 Å². The van der Waals surface area contributed by atoms with E-state index in [0.29, 0.717) is 45.9 Å². The van der Waals surface area contributed by atoms with Gasteiger partial charge in [0.2, 0.25) is 5.91 Å². The number of benzene rings is 4. The van der Waals surface area contributed by atoms with Gasteiger partial charge < -0.3 is 14.4 Å². The van der Waals surface area contributed by atoms with Crippen LogP contribution in [0.3, 0.4) is 0 Å². The number of hydrogen-bond donors (Lipinski definition) is 0. The summed E-state index contributed by atoms with van der Waals surface area (Å²) >= 11 is 1.11. The molecule has 5 aromatic rings. The second kappa shape index (κ2) is 15.4.